The van der Waals surface area contributed by atoms with Crippen LogP contribution in [0.5, 0.6) is 0 Å². The van der Waals surface area contributed by atoms with E-state index in [1.807, 2.05) is 25.1 Å². The summed E-state index contributed by atoms with van der Waals surface area (Å²) in [4.78, 5) is 23.0. The number of allylic oxidation sites excluding steroid dienone is 2. The van der Waals surface area contributed by atoms with E-state index in [1.54, 1.807) is 6.07 Å². The second-order valence-corrected chi connectivity index (χ2v) is 6.36. The van der Waals surface area contributed by atoms with Gasteiger partial charge in [0.15, 0.2) is 5.78 Å². The lowest BCUT2D eigenvalue weighted by Crippen LogP contribution is -2.30. The van der Waals surface area contributed by atoms with Crippen LogP contribution in [0.4, 0.5) is 0 Å². The standard InChI is InChI=1S/C19H22O4/c1-13(5-10-17(20)19(2,3)22)4-6-14-7-8-15-9-11-18(21)23-16(15)12-14/h4,7-9,11-12,22H,5-6,10H2,1-3H3/b13-4+. The minimum Gasteiger partial charge on any atom is -0.423 e. The second kappa shape index (κ2) is 6.92. The van der Waals surface area contributed by atoms with Gasteiger partial charge >= 0.3 is 5.63 Å². The summed E-state index contributed by atoms with van der Waals surface area (Å²) in [5.41, 5.74) is 1.10. The maximum absolute atomic E-state index is 11.7. The van der Waals surface area contributed by atoms with Gasteiger partial charge in [0.05, 0.1) is 0 Å². The summed E-state index contributed by atoms with van der Waals surface area (Å²) in [5, 5.41) is 10.5. The molecule has 4 heteroatoms. The highest BCUT2D eigenvalue weighted by Crippen LogP contribution is 2.16. The number of aliphatic hydroxyl groups is 1. The Kier molecular flexibility index (Phi) is 5.16. The molecule has 1 aromatic carbocycles. The highest BCUT2D eigenvalue weighted by Gasteiger charge is 2.22. The van der Waals surface area contributed by atoms with Crippen LogP contribution in [0, 0.1) is 0 Å². The fourth-order valence-electron chi connectivity index (χ4n) is 2.24. The van der Waals surface area contributed by atoms with Gasteiger partial charge < -0.3 is 9.52 Å². The quantitative estimate of drug-likeness (QED) is 0.655. The summed E-state index contributed by atoms with van der Waals surface area (Å²) in [6.07, 6.45) is 3.72. The normalized spacial score (nSPS) is 12.6. The Morgan fingerprint density at radius 1 is 1.22 bits per heavy atom. The molecule has 0 amide bonds. The van der Waals surface area contributed by atoms with Crippen LogP contribution >= 0.6 is 0 Å². The molecule has 23 heavy (non-hydrogen) atoms. The van der Waals surface area contributed by atoms with E-state index in [0.29, 0.717) is 24.8 Å². The van der Waals surface area contributed by atoms with Gasteiger partial charge in [0.2, 0.25) is 0 Å². The van der Waals surface area contributed by atoms with Gasteiger partial charge in [-0.2, -0.15) is 0 Å². The molecule has 0 unspecified atom stereocenters. The number of carbonyl (C=O) groups is 1. The van der Waals surface area contributed by atoms with Crippen LogP contribution in [0.3, 0.4) is 0 Å². The van der Waals surface area contributed by atoms with Gasteiger partial charge in [-0.25, -0.2) is 4.79 Å². The van der Waals surface area contributed by atoms with Crippen molar-refractivity contribution in [2.24, 2.45) is 0 Å². The van der Waals surface area contributed by atoms with Crippen LogP contribution in [-0.4, -0.2) is 16.5 Å². The van der Waals surface area contributed by atoms with Crippen molar-refractivity contribution in [3.8, 4) is 0 Å². The average Bonchev–Trinajstić information content (AvgIpc) is 2.49. The molecule has 0 aliphatic heterocycles. The molecule has 122 valence electrons. The molecule has 4 nitrogen and oxygen atoms in total. The van der Waals surface area contributed by atoms with E-state index in [2.05, 4.69) is 6.08 Å². The molecule has 0 saturated heterocycles. The average molecular weight is 314 g/mol. The van der Waals surface area contributed by atoms with Gasteiger partial charge in [-0.05, 0) is 51.3 Å². The molecule has 1 aromatic heterocycles. The lowest BCUT2D eigenvalue weighted by Gasteiger charge is -2.15. The van der Waals surface area contributed by atoms with Gasteiger partial charge in [-0.3, -0.25) is 4.79 Å². The highest BCUT2D eigenvalue weighted by molar-refractivity contribution is 5.86. The number of benzene rings is 1. The maximum atomic E-state index is 11.7. The fraction of sp³-hybridized carbons (Fsp3) is 0.368. The molecule has 2 aromatic rings. The third-order valence-electron chi connectivity index (χ3n) is 3.80. The van der Waals surface area contributed by atoms with Crippen LogP contribution in [-0.2, 0) is 11.2 Å². The third-order valence-corrected chi connectivity index (χ3v) is 3.80. The second-order valence-electron chi connectivity index (χ2n) is 6.36. The van der Waals surface area contributed by atoms with Crippen LogP contribution in [0.25, 0.3) is 11.0 Å². The number of hydrogen-bond acceptors (Lipinski definition) is 4. The molecular formula is C19H22O4. The zero-order chi connectivity index (χ0) is 17.0. The van der Waals surface area contributed by atoms with Gasteiger partial charge in [0, 0.05) is 17.9 Å². The van der Waals surface area contributed by atoms with Gasteiger partial charge in [-0.15, -0.1) is 0 Å². The number of Topliss-reactive ketones (excluding diaryl/α,β-unsaturated/α-hetero) is 1. The van der Waals surface area contributed by atoms with Crippen molar-refractivity contribution in [3.63, 3.8) is 0 Å². The maximum Gasteiger partial charge on any atom is 0.336 e. The first-order chi connectivity index (χ1) is 10.8. The Hall–Kier alpha value is -2.20. The van der Waals surface area contributed by atoms with E-state index in [9.17, 15) is 14.7 Å². The number of fused-ring (bicyclic) bond motifs is 1. The Balaban J connectivity index is 2.01. The van der Waals surface area contributed by atoms with Crippen molar-refractivity contribution in [2.45, 2.75) is 45.6 Å². The third kappa shape index (κ3) is 4.89. The molecule has 0 spiro atoms. The van der Waals surface area contributed by atoms with Crippen molar-refractivity contribution < 1.29 is 14.3 Å². The predicted octanol–water partition coefficient (Wildman–Crippen LogP) is 3.40. The lowest BCUT2D eigenvalue weighted by atomic mass is 9.97. The minimum absolute atomic E-state index is 0.155. The summed E-state index contributed by atoms with van der Waals surface area (Å²) >= 11 is 0. The van der Waals surface area contributed by atoms with E-state index in [1.165, 1.54) is 19.9 Å². The smallest absolute Gasteiger partial charge is 0.336 e. The van der Waals surface area contributed by atoms with Crippen molar-refractivity contribution in [3.05, 3.63) is 58.0 Å². The van der Waals surface area contributed by atoms with Gasteiger partial charge in [-0.1, -0.05) is 23.8 Å². The van der Waals surface area contributed by atoms with Crippen LogP contribution in [0.1, 0.15) is 39.2 Å². The topological polar surface area (TPSA) is 67.5 Å². The number of hydrogen-bond donors (Lipinski definition) is 1. The summed E-state index contributed by atoms with van der Waals surface area (Å²) in [6.45, 7) is 4.99. The highest BCUT2D eigenvalue weighted by atomic mass is 16.4. The molecule has 1 N–H and O–H groups in total. The van der Waals surface area contributed by atoms with Crippen LogP contribution in [0.2, 0.25) is 0 Å². The lowest BCUT2D eigenvalue weighted by molar-refractivity contribution is -0.134. The zero-order valence-electron chi connectivity index (χ0n) is 13.8. The minimum atomic E-state index is -1.27. The van der Waals surface area contributed by atoms with E-state index in [-0.39, 0.29) is 11.4 Å². The molecule has 0 fully saturated rings. The van der Waals surface area contributed by atoms with Crippen molar-refractivity contribution >= 4 is 16.8 Å². The summed E-state index contributed by atoms with van der Waals surface area (Å²) in [6, 6.07) is 8.94. The molecule has 0 atom stereocenters. The predicted molar refractivity (Wildman–Crippen MR) is 90.5 cm³/mol. The number of carbonyl (C=O) groups excluding carboxylic acids is 1. The Bertz CT molecular complexity index is 791. The fourth-order valence-corrected chi connectivity index (χ4v) is 2.24. The molecular weight excluding hydrogens is 292 g/mol. The van der Waals surface area contributed by atoms with Crippen LogP contribution in [0.15, 0.2) is 51.2 Å². The van der Waals surface area contributed by atoms with E-state index in [0.717, 1.165) is 16.5 Å². The van der Waals surface area contributed by atoms with Crippen molar-refractivity contribution in [1.82, 2.24) is 0 Å². The van der Waals surface area contributed by atoms with Crippen molar-refractivity contribution in [2.75, 3.05) is 0 Å². The first-order valence-corrected chi connectivity index (χ1v) is 7.70. The molecule has 2 rings (SSSR count). The molecule has 1 heterocycles. The molecule has 0 aliphatic carbocycles. The Labute approximate surface area is 135 Å². The van der Waals surface area contributed by atoms with E-state index >= 15 is 0 Å². The Morgan fingerprint density at radius 3 is 2.61 bits per heavy atom. The largest absolute Gasteiger partial charge is 0.423 e. The van der Waals surface area contributed by atoms with Crippen LogP contribution < -0.4 is 5.63 Å². The first-order valence-electron chi connectivity index (χ1n) is 7.70. The molecule has 0 radical (unpaired) electrons. The summed E-state index contributed by atoms with van der Waals surface area (Å²) < 4.78 is 5.18. The molecule has 0 saturated carbocycles. The summed E-state index contributed by atoms with van der Waals surface area (Å²) in [5.74, 6) is -0.155. The molecule has 0 aliphatic rings. The van der Waals surface area contributed by atoms with Crippen molar-refractivity contribution in [1.29, 1.82) is 0 Å². The van der Waals surface area contributed by atoms with Gasteiger partial charge in [0.25, 0.3) is 0 Å². The SMILES string of the molecule is C/C(=C\Cc1ccc2ccc(=O)oc2c1)CCC(=O)C(C)(C)O. The number of rotatable bonds is 6. The Morgan fingerprint density at radius 2 is 1.91 bits per heavy atom. The van der Waals surface area contributed by atoms with Gasteiger partial charge in [0.1, 0.15) is 11.2 Å². The molecule has 0 bridgehead atoms. The monoisotopic (exact) mass is 314 g/mol. The first kappa shape index (κ1) is 17.2. The summed E-state index contributed by atoms with van der Waals surface area (Å²) in [7, 11) is 0. The number of ketones is 1. The van der Waals surface area contributed by atoms with E-state index < -0.39 is 5.60 Å². The zero-order valence-corrected chi connectivity index (χ0v) is 13.8. The van der Waals surface area contributed by atoms with E-state index in [4.69, 9.17) is 4.42 Å².